The lowest BCUT2D eigenvalue weighted by molar-refractivity contribution is -0.121. The molecule has 0 amide bonds. The third kappa shape index (κ3) is 4.84. The predicted molar refractivity (Wildman–Crippen MR) is 137 cm³/mol. The molecule has 1 aromatic rings. The van der Waals surface area contributed by atoms with Gasteiger partial charge in [0, 0.05) is 37.8 Å². The van der Waals surface area contributed by atoms with Crippen LogP contribution in [0.5, 0.6) is 0 Å². The molecule has 4 unspecified atom stereocenters. The third-order valence-electron chi connectivity index (χ3n) is 9.58. The number of hydrogen-bond donors (Lipinski definition) is 1. The first-order valence-corrected chi connectivity index (χ1v) is 14.0. The Morgan fingerprint density at radius 2 is 1.89 bits per heavy atom. The summed E-state index contributed by atoms with van der Waals surface area (Å²) in [5.74, 6) is 2.63. The van der Waals surface area contributed by atoms with Crippen LogP contribution in [-0.2, 0) is 16.0 Å². The highest BCUT2D eigenvalue weighted by Gasteiger charge is 2.40. The predicted octanol–water partition coefficient (Wildman–Crippen LogP) is 5.46. The van der Waals surface area contributed by atoms with Gasteiger partial charge in [-0.25, -0.2) is 0 Å². The van der Waals surface area contributed by atoms with E-state index >= 15 is 0 Å². The van der Waals surface area contributed by atoms with Crippen LogP contribution in [0.25, 0.3) is 0 Å². The van der Waals surface area contributed by atoms with Crippen LogP contribution in [0.1, 0.15) is 92.7 Å². The summed E-state index contributed by atoms with van der Waals surface area (Å²) in [4.78, 5) is 28.1. The van der Waals surface area contributed by atoms with E-state index in [0.717, 1.165) is 70.0 Å². The number of piperidine rings is 1. The van der Waals surface area contributed by atoms with Crippen molar-refractivity contribution in [2.45, 2.75) is 88.7 Å². The van der Waals surface area contributed by atoms with Crippen molar-refractivity contribution in [2.75, 3.05) is 13.1 Å². The van der Waals surface area contributed by atoms with Gasteiger partial charge in [-0.3, -0.25) is 14.5 Å². The first kappa shape index (κ1) is 23.4. The Kier molecular flexibility index (Phi) is 6.53. The molecule has 4 aliphatic carbocycles. The lowest BCUT2D eigenvalue weighted by atomic mass is 9.82. The van der Waals surface area contributed by atoms with Crippen molar-refractivity contribution in [1.29, 1.82) is 0 Å². The van der Waals surface area contributed by atoms with Crippen LogP contribution in [0.15, 0.2) is 42.0 Å². The monoisotopic (exact) mass is 473 g/mol. The number of likely N-dealkylation sites (tertiary alicyclic amines) is 1. The molecule has 6 rings (SSSR count). The maximum Gasteiger partial charge on any atom is 0.140 e. The fourth-order valence-corrected chi connectivity index (χ4v) is 7.24. The second-order valence-corrected chi connectivity index (χ2v) is 11.8. The average Bonchev–Trinajstić information content (AvgIpc) is 3.46. The Hall–Kier alpha value is -2.04. The minimum Gasteiger partial charge on any atom is -0.374 e. The van der Waals surface area contributed by atoms with Crippen molar-refractivity contribution >= 4 is 11.6 Å². The molecule has 4 atom stereocenters. The smallest absolute Gasteiger partial charge is 0.140 e. The zero-order chi connectivity index (χ0) is 23.9. The minimum atomic E-state index is -0.453. The van der Waals surface area contributed by atoms with E-state index in [-0.39, 0.29) is 11.8 Å². The number of hydrogen-bond acceptors (Lipinski definition) is 4. The standard InChI is InChI=1S/C31H39NO3/c33-29(16-20-6-7-20)27-11-9-23-17-24(8-10-26(23)27)28-18-25(19-30(28)34)21-12-14-32(15-13-21)31(35)22-4-2-1-3-5-22/h1-2,4,8,10,17,20-21,25,27-28,31,35H,3,5-7,9,11-16,18-19H2. The number of aryl methyl sites for hydroxylation is 1. The molecule has 1 N–H and O–H groups in total. The summed E-state index contributed by atoms with van der Waals surface area (Å²) in [7, 11) is 0. The van der Waals surface area contributed by atoms with Gasteiger partial charge in [-0.05, 0) is 97.8 Å². The molecule has 186 valence electrons. The van der Waals surface area contributed by atoms with Gasteiger partial charge >= 0.3 is 0 Å². The van der Waals surface area contributed by atoms with Crippen molar-refractivity contribution < 1.29 is 14.7 Å². The van der Waals surface area contributed by atoms with E-state index in [1.54, 1.807) is 0 Å². The van der Waals surface area contributed by atoms with Crippen molar-refractivity contribution in [3.63, 3.8) is 0 Å². The van der Waals surface area contributed by atoms with E-state index in [1.807, 2.05) is 0 Å². The number of aliphatic hydroxyl groups is 1. The molecular formula is C31H39NO3. The quantitative estimate of drug-likeness (QED) is 0.572. The molecule has 0 spiro atoms. The summed E-state index contributed by atoms with van der Waals surface area (Å²) in [6.07, 6.45) is 16.7. The molecule has 1 aromatic carbocycles. The Bertz CT molecular complexity index is 1040. The van der Waals surface area contributed by atoms with Crippen LogP contribution in [0.2, 0.25) is 0 Å². The molecule has 1 heterocycles. The number of allylic oxidation sites excluding steroid dienone is 3. The topological polar surface area (TPSA) is 57.6 Å². The number of Topliss-reactive ketones (excluding diaryl/α,β-unsaturated/α-hetero) is 2. The second kappa shape index (κ2) is 9.78. The van der Waals surface area contributed by atoms with E-state index in [2.05, 4.69) is 41.3 Å². The molecule has 3 fully saturated rings. The van der Waals surface area contributed by atoms with Gasteiger partial charge in [0.1, 0.15) is 17.8 Å². The molecule has 4 heteroatoms. The molecule has 0 radical (unpaired) electrons. The average molecular weight is 474 g/mol. The number of carbonyl (C=O) groups excluding carboxylic acids is 2. The van der Waals surface area contributed by atoms with Crippen LogP contribution in [0.3, 0.4) is 0 Å². The maximum absolute atomic E-state index is 13.1. The van der Waals surface area contributed by atoms with Crippen LogP contribution in [0, 0.1) is 17.8 Å². The minimum absolute atomic E-state index is 0.0225. The number of benzene rings is 1. The number of carbonyl (C=O) groups is 2. The molecule has 1 aliphatic heterocycles. The highest BCUT2D eigenvalue weighted by Crippen LogP contribution is 2.45. The highest BCUT2D eigenvalue weighted by molar-refractivity contribution is 5.89. The second-order valence-electron chi connectivity index (χ2n) is 11.8. The Morgan fingerprint density at radius 1 is 1.06 bits per heavy atom. The van der Waals surface area contributed by atoms with Crippen molar-refractivity contribution in [2.24, 2.45) is 17.8 Å². The van der Waals surface area contributed by atoms with E-state index in [0.29, 0.717) is 35.7 Å². The lowest BCUT2D eigenvalue weighted by Crippen LogP contribution is -2.43. The van der Waals surface area contributed by atoms with E-state index < -0.39 is 6.23 Å². The normalized spacial score (nSPS) is 30.4. The fraction of sp³-hybridized carbons (Fsp3) is 0.613. The fourth-order valence-electron chi connectivity index (χ4n) is 7.24. The summed E-state index contributed by atoms with van der Waals surface area (Å²) in [5.41, 5.74) is 4.85. The zero-order valence-corrected chi connectivity index (χ0v) is 20.8. The summed E-state index contributed by atoms with van der Waals surface area (Å²) in [5, 5.41) is 10.8. The number of ketones is 2. The first-order chi connectivity index (χ1) is 17.1. The first-order valence-electron chi connectivity index (χ1n) is 14.0. The molecule has 2 saturated carbocycles. The molecule has 0 bridgehead atoms. The summed E-state index contributed by atoms with van der Waals surface area (Å²) in [6.45, 7) is 1.83. The molecule has 0 aromatic heterocycles. The van der Waals surface area contributed by atoms with E-state index in [9.17, 15) is 14.7 Å². The molecule has 35 heavy (non-hydrogen) atoms. The van der Waals surface area contributed by atoms with Crippen molar-refractivity contribution in [3.8, 4) is 0 Å². The van der Waals surface area contributed by atoms with Crippen molar-refractivity contribution in [3.05, 3.63) is 58.7 Å². The number of rotatable bonds is 7. The van der Waals surface area contributed by atoms with E-state index in [4.69, 9.17) is 0 Å². The largest absolute Gasteiger partial charge is 0.374 e. The number of nitrogens with zero attached hydrogens (tertiary/aromatic N) is 1. The molecule has 4 nitrogen and oxygen atoms in total. The molecule has 5 aliphatic rings. The Morgan fingerprint density at radius 3 is 2.63 bits per heavy atom. The highest BCUT2D eigenvalue weighted by atomic mass is 16.3. The maximum atomic E-state index is 13.1. The summed E-state index contributed by atoms with van der Waals surface area (Å²) in [6, 6.07) is 6.58. The van der Waals surface area contributed by atoms with Crippen LogP contribution in [-0.4, -0.2) is 40.9 Å². The lowest BCUT2D eigenvalue weighted by Gasteiger charge is -2.38. The number of fused-ring (bicyclic) bond motifs is 1. The van der Waals surface area contributed by atoms with Gasteiger partial charge in [-0.15, -0.1) is 0 Å². The Balaban J connectivity index is 1.06. The van der Waals surface area contributed by atoms with Crippen LogP contribution < -0.4 is 0 Å². The van der Waals surface area contributed by atoms with Gasteiger partial charge in [-0.1, -0.05) is 36.4 Å². The Labute approximate surface area is 209 Å². The molecular weight excluding hydrogens is 434 g/mol. The van der Waals surface area contributed by atoms with Gasteiger partial charge in [0.05, 0.1) is 0 Å². The van der Waals surface area contributed by atoms with Gasteiger partial charge < -0.3 is 5.11 Å². The van der Waals surface area contributed by atoms with Crippen molar-refractivity contribution in [1.82, 2.24) is 4.90 Å². The zero-order valence-electron chi connectivity index (χ0n) is 20.8. The summed E-state index contributed by atoms with van der Waals surface area (Å²) >= 11 is 0. The van der Waals surface area contributed by atoms with Crippen LogP contribution >= 0.6 is 0 Å². The number of aliphatic hydroxyl groups excluding tert-OH is 1. The van der Waals surface area contributed by atoms with Gasteiger partial charge in [0.25, 0.3) is 0 Å². The van der Waals surface area contributed by atoms with Gasteiger partial charge in [0.2, 0.25) is 0 Å². The van der Waals surface area contributed by atoms with Gasteiger partial charge in [-0.2, -0.15) is 0 Å². The summed E-state index contributed by atoms with van der Waals surface area (Å²) < 4.78 is 0. The van der Waals surface area contributed by atoms with Gasteiger partial charge in [0.15, 0.2) is 0 Å². The van der Waals surface area contributed by atoms with E-state index in [1.165, 1.54) is 29.5 Å². The van der Waals surface area contributed by atoms with Crippen LogP contribution in [0.4, 0.5) is 0 Å². The third-order valence-corrected chi connectivity index (χ3v) is 9.58. The SMILES string of the molecule is O=C1CC(C2CCN(C(O)C3=CC=CCC3)CC2)CC1c1ccc2c(c1)CCC2C(=O)CC1CC1. The molecule has 1 saturated heterocycles.